The summed E-state index contributed by atoms with van der Waals surface area (Å²) >= 11 is 0. The van der Waals surface area contributed by atoms with Crippen LogP contribution < -0.4 is 10.1 Å². The lowest BCUT2D eigenvalue weighted by atomic mass is 9.97. The molecule has 0 spiro atoms. The van der Waals surface area contributed by atoms with E-state index >= 15 is 0 Å². The van der Waals surface area contributed by atoms with Gasteiger partial charge in [-0.05, 0) is 62.4 Å². The highest BCUT2D eigenvalue weighted by Gasteiger charge is 2.19. The Morgan fingerprint density at radius 3 is 2.78 bits per heavy atom. The maximum atomic E-state index is 14.3. The molecule has 0 saturated heterocycles. The van der Waals surface area contributed by atoms with Gasteiger partial charge < -0.3 is 10.1 Å². The first-order valence-electron chi connectivity index (χ1n) is 8.79. The number of hydrogen-bond acceptors (Lipinski definition) is 3. The fourth-order valence-corrected chi connectivity index (χ4v) is 3.73. The standard InChI is InChI=1S/C19H23FN2O/c20-16-6-7-18(23-14-4-2-1-3-5-14)15-12-13-8-10-21-11-9-17(13)22-19(15)16/h6-7,12,14,21H,1-5,8-11H2. The number of benzene rings is 1. The molecule has 0 atom stereocenters. The van der Waals surface area contributed by atoms with Crippen LogP contribution >= 0.6 is 0 Å². The normalized spacial score (nSPS) is 19.3. The Kier molecular flexibility index (Phi) is 4.17. The van der Waals surface area contributed by atoms with Gasteiger partial charge in [-0.2, -0.15) is 0 Å². The van der Waals surface area contributed by atoms with Gasteiger partial charge in [-0.1, -0.05) is 6.42 Å². The molecule has 1 aromatic heterocycles. The molecule has 2 aromatic rings. The molecule has 2 heterocycles. The van der Waals surface area contributed by atoms with E-state index in [0.717, 1.165) is 55.6 Å². The summed E-state index contributed by atoms with van der Waals surface area (Å²) in [6, 6.07) is 5.37. The van der Waals surface area contributed by atoms with Gasteiger partial charge in [0.1, 0.15) is 17.1 Å². The molecule has 23 heavy (non-hydrogen) atoms. The van der Waals surface area contributed by atoms with Crippen LogP contribution in [0.5, 0.6) is 5.75 Å². The summed E-state index contributed by atoms with van der Waals surface area (Å²) in [5, 5.41) is 4.21. The minimum Gasteiger partial charge on any atom is -0.490 e. The van der Waals surface area contributed by atoms with Crippen LogP contribution in [0.1, 0.15) is 43.4 Å². The zero-order valence-electron chi connectivity index (χ0n) is 13.4. The van der Waals surface area contributed by atoms with Crippen LogP contribution in [-0.4, -0.2) is 24.2 Å². The highest BCUT2D eigenvalue weighted by atomic mass is 19.1. The van der Waals surface area contributed by atoms with Crippen molar-refractivity contribution >= 4 is 10.9 Å². The third-order valence-corrected chi connectivity index (χ3v) is 5.02. The first kappa shape index (κ1) is 14.9. The van der Waals surface area contributed by atoms with E-state index in [9.17, 15) is 4.39 Å². The van der Waals surface area contributed by atoms with E-state index in [-0.39, 0.29) is 11.9 Å². The van der Waals surface area contributed by atoms with Crippen molar-refractivity contribution in [2.24, 2.45) is 0 Å². The second-order valence-corrected chi connectivity index (χ2v) is 6.66. The summed E-state index contributed by atoms with van der Waals surface area (Å²) in [6.45, 7) is 1.86. The summed E-state index contributed by atoms with van der Waals surface area (Å²) in [6.07, 6.45) is 8.01. The fraction of sp³-hybridized carbons (Fsp3) is 0.526. The number of halogens is 1. The molecule has 4 rings (SSSR count). The van der Waals surface area contributed by atoms with Gasteiger partial charge in [0.15, 0.2) is 0 Å². The van der Waals surface area contributed by atoms with E-state index in [1.165, 1.54) is 30.9 Å². The van der Waals surface area contributed by atoms with Gasteiger partial charge >= 0.3 is 0 Å². The number of fused-ring (bicyclic) bond motifs is 2. The van der Waals surface area contributed by atoms with Crippen LogP contribution in [0.4, 0.5) is 4.39 Å². The highest BCUT2D eigenvalue weighted by molar-refractivity contribution is 5.86. The summed E-state index contributed by atoms with van der Waals surface area (Å²) in [4.78, 5) is 4.63. The largest absolute Gasteiger partial charge is 0.490 e. The van der Waals surface area contributed by atoms with Gasteiger partial charge in [-0.3, -0.25) is 0 Å². The number of nitrogens with one attached hydrogen (secondary N) is 1. The SMILES string of the molecule is Fc1ccc(OC2CCCCC2)c2cc3c(nc12)CCNCC3. The second kappa shape index (κ2) is 6.44. The minimum atomic E-state index is -0.254. The fourth-order valence-electron chi connectivity index (χ4n) is 3.73. The zero-order valence-corrected chi connectivity index (χ0v) is 13.4. The van der Waals surface area contributed by atoms with Crippen molar-refractivity contribution in [1.82, 2.24) is 10.3 Å². The molecule has 122 valence electrons. The lowest BCUT2D eigenvalue weighted by Gasteiger charge is -2.24. The number of pyridine rings is 1. The molecular formula is C19H23FN2O. The molecule has 0 bridgehead atoms. The monoisotopic (exact) mass is 314 g/mol. The first-order chi connectivity index (χ1) is 11.3. The molecule has 0 radical (unpaired) electrons. The van der Waals surface area contributed by atoms with Gasteiger partial charge in [0, 0.05) is 24.0 Å². The summed E-state index contributed by atoms with van der Waals surface area (Å²) < 4.78 is 20.5. The van der Waals surface area contributed by atoms with Gasteiger partial charge in [-0.25, -0.2) is 9.37 Å². The molecule has 1 saturated carbocycles. The summed E-state index contributed by atoms with van der Waals surface area (Å²) in [5.74, 6) is 0.539. The number of rotatable bonds is 2. The van der Waals surface area contributed by atoms with E-state index < -0.39 is 0 Å². The molecule has 1 N–H and O–H groups in total. The van der Waals surface area contributed by atoms with Crippen LogP contribution in [0.3, 0.4) is 0 Å². The van der Waals surface area contributed by atoms with Gasteiger partial charge in [0.2, 0.25) is 0 Å². The lowest BCUT2D eigenvalue weighted by Crippen LogP contribution is -2.19. The predicted molar refractivity (Wildman–Crippen MR) is 89.5 cm³/mol. The van der Waals surface area contributed by atoms with E-state index in [2.05, 4.69) is 16.4 Å². The second-order valence-electron chi connectivity index (χ2n) is 6.66. The van der Waals surface area contributed by atoms with Gasteiger partial charge in [-0.15, -0.1) is 0 Å². The Morgan fingerprint density at radius 1 is 1.09 bits per heavy atom. The van der Waals surface area contributed by atoms with Crippen molar-refractivity contribution in [3.8, 4) is 5.75 Å². The molecule has 1 fully saturated rings. The molecule has 1 aliphatic heterocycles. The Hall–Kier alpha value is -1.68. The molecule has 2 aliphatic rings. The summed E-state index contributed by atoms with van der Waals surface area (Å²) in [5.41, 5.74) is 2.71. The van der Waals surface area contributed by atoms with Crippen molar-refractivity contribution in [2.45, 2.75) is 51.0 Å². The van der Waals surface area contributed by atoms with Crippen molar-refractivity contribution < 1.29 is 9.13 Å². The zero-order chi connectivity index (χ0) is 15.6. The Balaban J connectivity index is 1.75. The quantitative estimate of drug-likeness (QED) is 0.916. The molecule has 4 heteroatoms. The van der Waals surface area contributed by atoms with Crippen molar-refractivity contribution in [3.05, 3.63) is 35.3 Å². The van der Waals surface area contributed by atoms with E-state index in [4.69, 9.17) is 4.74 Å². The molecule has 1 aliphatic carbocycles. The number of nitrogens with zero attached hydrogens (tertiary/aromatic N) is 1. The highest BCUT2D eigenvalue weighted by Crippen LogP contribution is 2.32. The Morgan fingerprint density at radius 2 is 1.91 bits per heavy atom. The summed E-state index contributed by atoms with van der Waals surface area (Å²) in [7, 11) is 0. The van der Waals surface area contributed by atoms with Crippen molar-refractivity contribution in [1.29, 1.82) is 0 Å². The van der Waals surface area contributed by atoms with E-state index in [0.29, 0.717) is 5.52 Å². The Labute approximate surface area is 136 Å². The number of ether oxygens (including phenoxy) is 1. The number of aromatic nitrogens is 1. The number of hydrogen-bond donors (Lipinski definition) is 1. The minimum absolute atomic E-state index is 0.254. The maximum absolute atomic E-state index is 14.3. The smallest absolute Gasteiger partial charge is 0.149 e. The molecule has 0 amide bonds. The van der Waals surface area contributed by atoms with Crippen LogP contribution in [0.25, 0.3) is 10.9 Å². The van der Waals surface area contributed by atoms with Crippen molar-refractivity contribution in [2.75, 3.05) is 13.1 Å². The average Bonchev–Trinajstić information content (AvgIpc) is 2.82. The van der Waals surface area contributed by atoms with Gasteiger partial charge in [0.05, 0.1) is 6.10 Å². The topological polar surface area (TPSA) is 34.1 Å². The van der Waals surface area contributed by atoms with E-state index in [1.54, 1.807) is 6.07 Å². The van der Waals surface area contributed by atoms with Crippen LogP contribution in [0.2, 0.25) is 0 Å². The van der Waals surface area contributed by atoms with Crippen LogP contribution in [0.15, 0.2) is 18.2 Å². The predicted octanol–water partition coefficient (Wildman–Crippen LogP) is 3.77. The van der Waals surface area contributed by atoms with Crippen molar-refractivity contribution in [3.63, 3.8) is 0 Å². The average molecular weight is 314 g/mol. The van der Waals surface area contributed by atoms with Crippen LogP contribution in [0, 0.1) is 5.82 Å². The molecular weight excluding hydrogens is 291 g/mol. The van der Waals surface area contributed by atoms with Gasteiger partial charge in [0.25, 0.3) is 0 Å². The molecule has 0 unspecified atom stereocenters. The Bertz CT molecular complexity index is 710. The first-order valence-corrected chi connectivity index (χ1v) is 8.79. The lowest BCUT2D eigenvalue weighted by molar-refractivity contribution is 0.157. The third kappa shape index (κ3) is 3.05. The molecule has 3 nitrogen and oxygen atoms in total. The maximum Gasteiger partial charge on any atom is 0.149 e. The molecule has 1 aromatic carbocycles. The van der Waals surface area contributed by atoms with E-state index in [1.807, 2.05) is 0 Å². The third-order valence-electron chi connectivity index (χ3n) is 5.02. The van der Waals surface area contributed by atoms with Crippen LogP contribution in [-0.2, 0) is 12.8 Å².